The van der Waals surface area contributed by atoms with Crippen molar-refractivity contribution in [2.24, 2.45) is 7.05 Å². The van der Waals surface area contributed by atoms with E-state index in [2.05, 4.69) is 24.0 Å². The molecule has 0 N–H and O–H groups in total. The molecule has 0 bridgehead atoms. The molecule has 0 saturated heterocycles. The van der Waals surface area contributed by atoms with Gasteiger partial charge in [-0.2, -0.15) is 10.2 Å². The van der Waals surface area contributed by atoms with Crippen molar-refractivity contribution in [3.63, 3.8) is 0 Å². The zero-order chi connectivity index (χ0) is 15.6. The van der Waals surface area contributed by atoms with Crippen LogP contribution < -0.4 is 0 Å². The van der Waals surface area contributed by atoms with E-state index in [-0.39, 0.29) is 5.91 Å². The van der Waals surface area contributed by atoms with Crippen LogP contribution in [0.4, 0.5) is 0 Å². The highest BCUT2D eigenvalue weighted by molar-refractivity contribution is 5.92. The SMILES string of the molecule is CCn1nc(C(C)C)cc1C(=O)N(C)Cc1cnn(C)c1. The summed E-state index contributed by atoms with van der Waals surface area (Å²) in [4.78, 5) is 14.3. The molecule has 6 nitrogen and oxygen atoms in total. The zero-order valence-corrected chi connectivity index (χ0v) is 13.4. The summed E-state index contributed by atoms with van der Waals surface area (Å²) in [6, 6.07) is 1.90. The maximum absolute atomic E-state index is 12.6. The minimum Gasteiger partial charge on any atom is -0.336 e. The van der Waals surface area contributed by atoms with E-state index in [4.69, 9.17) is 0 Å². The Bertz CT molecular complexity index is 626. The highest BCUT2D eigenvalue weighted by Gasteiger charge is 2.19. The molecule has 0 aliphatic heterocycles. The molecule has 114 valence electrons. The van der Waals surface area contributed by atoms with E-state index >= 15 is 0 Å². The fourth-order valence-electron chi connectivity index (χ4n) is 2.23. The molecule has 2 rings (SSSR count). The second-order valence-corrected chi connectivity index (χ2v) is 5.61. The van der Waals surface area contributed by atoms with Gasteiger partial charge in [0, 0.05) is 38.9 Å². The van der Waals surface area contributed by atoms with Gasteiger partial charge < -0.3 is 4.90 Å². The van der Waals surface area contributed by atoms with Crippen molar-refractivity contribution in [3.8, 4) is 0 Å². The third-order valence-corrected chi connectivity index (χ3v) is 3.43. The van der Waals surface area contributed by atoms with Crippen molar-refractivity contribution in [2.75, 3.05) is 7.05 Å². The molecular weight excluding hydrogens is 266 g/mol. The summed E-state index contributed by atoms with van der Waals surface area (Å²) in [6.45, 7) is 7.38. The van der Waals surface area contributed by atoms with Gasteiger partial charge in [0.2, 0.25) is 0 Å². The maximum atomic E-state index is 12.6. The molecule has 0 atom stereocenters. The van der Waals surface area contributed by atoms with Crippen molar-refractivity contribution in [2.45, 2.75) is 39.8 Å². The molecule has 2 aromatic heterocycles. The normalized spacial score (nSPS) is 11.1. The first kappa shape index (κ1) is 15.3. The van der Waals surface area contributed by atoms with Crippen LogP contribution in [0.15, 0.2) is 18.5 Å². The van der Waals surface area contributed by atoms with Crippen LogP contribution in [0.5, 0.6) is 0 Å². The highest BCUT2D eigenvalue weighted by Crippen LogP contribution is 2.16. The number of hydrogen-bond acceptors (Lipinski definition) is 3. The Balaban J connectivity index is 2.18. The van der Waals surface area contributed by atoms with E-state index in [1.165, 1.54) is 0 Å². The minimum atomic E-state index is -0.0138. The van der Waals surface area contributed by atoms with Crippen LogP contribution in [-0.2, 0) is 20.1 Å². The van der Waals surface area contributed by atoms with Gasteiger partial charge in [0.1, 0.15) is 5.69 Å². The lowest BCUT2D eigenvalue weighted by Gasteiger charge is -2.16. The standard InChI is InChI=1S/C15H23N5O/c1-6-20-14(7-13(17-20)11(2)3)15(21)18(4)9-12-8-16-19(5)10-12/h7-8,10-11H,6,9H2,1-5H3. The van der Waals surface area contributed by atoms with Crippen LogP contribution in [0.3, 0.4) is 0 Å². The molecule has 0 radical (unpaired) electrons. The van der Waals surface area contributed by atoms with Crippen molar-refractivity contribution in [1.82, 2.24) is 24.5 Å². The molecule has 0 fully saturated rings. The van der Waals surface area contributed by atoms with Gasteiger partial charge in [-0.15, -0.1) is 0 Å². The molecule has 0 saturated carbocycles. The smallest absolute Gasteiger partial charge is 0.272 e. The van der Waals surface area contributed by atoms with Crippen LogP contribution in [0, 0.1) is 0 Å². The molecular formula is C15H23N5O. The van der Waals surface area contributed by atoms with E-state index in [1.54, 1.807) is 27.5 Å². The summed E-state index contributed by atoms with van der Waals surface area (Å²) >= 11 is 0. The van der Waals surface area contributed by atoms with Crippen LogP contribution in [0.1, 0.15) is 48.4 Å². The van der Waals surface area contributed by atoms with Gasteiger partial charge in [-0.25, -0.2) is 0 Å². The van der Waals surface area contributed by atoms with Crippen molar-refractivity contribution in [1.29, 1.82) is 0 Å². The Hall–Kier alpha value is -2.11. The molecule has 0 unspecified atom stereocenters. The number of aromatic nitrogens is 4. The van der Waals surface area contributed by atoms with E-state index in [0.717, 1.165) is 11.3 Å². The van der Waals surface area contributed by atoms with Crippen molar-refractivity contribution < 1.29 is 4.79 Å². The Kier molecular flexibility index (Phi) is 4.45. The second kappa shape index (κ2) is 6.11. The third kappa shape index (κ3) is 3.32. The van der Waals surface area contributed by atoms with Crippen molar-refractivity contribution in [3.05, 3.63) is 35.4 Å². The van der Waals surface area contributed by atoms with Gasteiger partial charge in [0.15, 0.2) is 0 Å². The lowest BCUT2D eigenvalue weighted by Crippen LogP contribution is -2.28. The maximum Gasteiger partial charge on any atom is 0.272 e. The number of aryl methyl sites for hydroxylation is 2. The first-order valence-electron chi connectivity index (χ1n) is 7.23. The number of hydrogen-bond donors (Lipinski definition) is 0. The van der Waals surface area contributed by atoms with Gasteiger partial charge in [-0.3, -0.25) is 14.2 Å². The highest BCUT2D eigenvalue weighted by atomic mass is 16.2. The summed E-state index contributed by atoms with van der Waals surface area (Å²) in [5.41, 5.74) is 2.61. The summed E-state index contributed by atoms with van der Waals surface area (Å²) < 4.78 is 3.51. The van der Waals surface area contributed by atoms with Gasteiger partial charge in [-0.05, 0) is 18.9 Å². The average molecular weight is 289 g/mol. The van der Waals surface area contributed by atoms with Crippen LogP contribution in [0.25, 0.3) is 0 Å². The fourth-order valence-corrected chi connectivity index (χ4v) is 2.23. The molecule has 2 aromatic rings. The molecule has 21 heavy (non-hydrogen) atoms. The Morgan fingerprint density at radius 3 is 2.67 bits per heavy atom. The topological polar surface area (TPSA) is 56.0 Å². The van der Waals surface area contributed by atoms with Gasteiger partial charge in [0.25, 0.3) is 5.91 Å². The molecule has 0 spiro atoms. The lowest BCUT2D eigenvalue weighted by atomic mass is 10.1. The van der Waals surface area contributed by atoms with Gasteiger partial charge in [-0.1, -0.05) is 13.8 Å². The predicted octanol–water partition coefficient (Wildman–Crippen LogP) is 2.03. The van der Waals surface area contributed by atoms with Crippen molar-refractivity contribution >= 4 is 5.91 Å². The Morgan fingerprint density at radius 2 is 2.14 bits per heavy atom. The second-order valence-electron chi connectivity index (χ2n) is 5.61. The third-order valence-electron chi connectivity index (χ3n) is 3.43. The van der Waals surface area contributed by atoms with Gasteiger partial charge >= 0.3 is 0 Å². The Morgan fingerprint density at radius 1 is 1.43 bits per heavy atom. The molecule has 6 heteroatoms. The summed E-state index contributed by atoms with van der Waals surface area (Å²) in [5, 5.41) is 8.62. The molecule has 0 aromatic carbocycles. The largest absolute Gasteiger partial charge is 0.336 e. The lowest BCUT2D eigenvalue weighted by molar-refractivity contribution is 0.0772. The molecule has 0 aliphatic rings. The van der Waals surface area contributed by atoms with E-state index < -0.39 is 0 Å². The number of carbonyl (C=O) groups is 1. The number of amides is 1. The van der Waals surface area contributed by atoms with Gasteiger partial charge in [0.05, 0.1) is 11.9 Å². The molecule has 1 amide bonds. The molecule has 0 aliphatic carbocycles. The number of rotatable bonds is 5. The summed E-state index contributed by atoms with van der Waals surface area (Å²) in [5.74, 6) is 0.299. The first-order valence-corrected chi connectivity index (χ1v) is 7.23. The number of nitrogens with zero attached hydrogens (tertiary/aromatic N) is 5. The minimum absolute atomic E-state index is 0.0138. The van der Waals surface area contributed by atoms with E-state index in [1.807, 2.05) is 26.2 Å². The first-order chi connectivity index (χ1) is 9.92. The summed E-state index contributed by atoms with van der Waals surface area (Å²) in [7, 11) is 3.67. The Labute approximate surface area is 125 Å². The van der Waals surface area contributed by atoms with E-state index in [0.29, 0.717) is 24.7 Å². The summed E-state index contributed by atoms with van der Waals surface area (Å²) in [6.07, 6.45) is 3.70. The van der Waals surface area contributed by atoms with Crippen LogP contribution in [-0.4, -0.2) is 37.4 Å². The van der Waals surface area contributed by atoms with Crippen LogP contribution in [0.2, 0.25) is 0 Å². The average Bonchev–Trinajstić information content (AvgIpc) is 3.04. The van der Waals surface area contributed by atoms with Crippen LogP contribution >= 0.6 is 0 Å². The zero-order valence-electron chi connectivity index (χ0n) is 13.4. The number of carbonyl (C=O) groups excluding carboxylic acids is 1. The monoisotopic (exact) mass is 289 g/mol. The quantitative estimate of drug-likeness (QED) is 0.846. The predicted molar refractivity (Wildman–Crippen MR) is 81.0 cm³/mol. The fraction of sp³-hybridized carbons (Fsp3) is 0.533. The van der Waals surface area contributed by atoms with E-state index in [9.17, 15) is 4.79 Å². The molecule has 2 heterocycles.